The van der Waals surface area contributed by atoms with E-state index in [0.717, 1.165) is 5.56 Å². The van der Waals surface area contributed by atoms with Gasteiger partial charge < -0.3 is 14.9 Å². The van der Waals surface area contributed by atoms with Crippen LogP contribution in [0.4, 0.5) is 5.82 Å². The Morgan fingerprint density at radius 1 is 1.36 bits per heavy atom. The molecule has 118 valence electrons. The Morgan fingerprint density at radius 2 is 2.14 bits per heavy atom. The predicted molar refractivity (Wildman–Crippen MR) is 76.2 cm³/mol. The Labute approximate surface area is 126 Å². The molecule has 9 nitrogen and oxygen atoms in total. The molecule has 0 saturated heterocycles. The van der Waals surface area contributed by atoms with E-state index in [4.69, 9.17) is 4.74 Å². The summed E-state index contributed by atoms with van der Waals surface area (Å²) in [7, 11) is 0. The van der Waals surface area contributed by atoms with Gasteiger partial charge in [0.05, 0.1) is 19.2 Å². The van der Waals surface area contributed by atoms with Crippen molar-refractivity contribution in [2.45, 2.75) is 33.4 Å². The van der Waals surface area contributed by atoms with Gasteiger partial charge >= 0.3 is 11.8 Å². The first-order valence-electron chi connectivity index (χ1n) is 6.78. The Hall–Kier alpha value is -2.71. The molecule has 0 unspecified atom stereocenters. The Kier molecular flexibility index (Phi) is 4.87. The number of nitrogens with zero attached hydrogens (tertiary/aromatic N) is 5. The zero-order valence-corrected chi connectivity index (χ0v) is 12.4. The number of aromatic nitrogens is 4. The molecule has 0 aliphatic carbocycles. The third-order valence-corrected chi connectivity index (χ3v) is 3.11. The van der Waals surface area contributed by atoms with Gasteiger partial charge in [-0.2, -0.15) is 5.10 Å². The molecule has 2 heterocycles. The molecular formula is C13H17N5O4. The van der Waals surface area contributed by atoms with Crippen molar-refractivity contribution in [2.75, 3.05) is 6.61 Å². The molecule has 0 saturated carbocycles. The first-order chi connectivity index (χ1) is 10.5. The summed E-state index contributed by atoms with van der Waals surface area (Å²) in [4.78, 5) is 25.8. The summed E-state index contributed by atoms with van der Waals surface area (Å²) in [5.74, 6) is 0.0314. The number of carbonyl (C=O) groups is 1. The number of rotatable bonds is 7. The van der Waals surface area contributed by atoms with E-state index in [1.807, 2.05) is 13.1 Å². The lowest BCUT2D eigenvalue weighted by Crippen LogP contribution is -2.15. The average molecular weight is 307 g/mol. The zero-order valence-electron chi connectivity index (χ0n) is 12.4. The maximum atomic E-state index is 11.6. The summed E-state index contributed by atoms with van der Waals surface area (Å²) in [6.07, 6.45) is 4.95. The molecule has 0 amide bonds. The number of aryl methyl sites for hydroxylation is 3. The number of hydrogen-bond acceptors (Lipinski definition) is 6. The fourth-order valence-electron chi connectivity index (χ4n) is 2.00. The van der Waals surface area contributed by atoms with Crippen LogP contribution in [0, 0.1) is 24.0 Å². The van der Waals surface area contributed by atoms with E-state index < -0.39 is 4.92 Å². The van der Waals surface area contributed by atoms with E-state index in [9.17, 15) is 14.9 Å². The lowest BCUT2D eigenvalue weighted by molar-refractivity contribution is -0.392. The molecule has 0 fully saturated rings. The molecule has 0 spiro atoms. The highest BCUT2D eigenvalue weighted by molar-refractivity contribution is 5.69. The minimum absolute atomic E-state index is 0.0645. The third-order valence-electron chi connectivity index (χ3n) is 3.11. The van der Waals surface area contributed by atoms with Crippen LogP contribution >= 0.6 is 0 Å². The molecular weight excluding hydrogens is 290 g/mol. The second kappa shape index (κ2) is 6.83. The van der Waals surface area contributed by atoms with Gasteiger partial charge in [-0.25, -0.2) is 9.55 Å². The van der Waals surface area contributed by atoms with E-state index in [1.54, 1.807) is 17.8 Å². The van der Waals surface area contributed by atoms with Crippen molar-refractivity contribution in [1.29, 1.82) is 0 Å². The summed E-state index contributed by atoms with van der Waals surface area (Å²) >= 11 is 0. The maximum absolute atomic E-state index is 11.6. The fraction of sp³-hybridized carbons (Fsp3) is 0.462. The van der Waals surface area contributed by atoms with Crippen molar-refractivity contribution in [2.24, 2.45) is 0 Å². The van der Waals surface area contributed by atoms with E-state index in [2.05, 4.69) is 10.1 Å². The van der Waals surface area contributed by atoms with Gasteiger partial charge in [0.25, 0.3) is 0 Å². The van der Waals surface area contributed by atoms with Crippen LogP contribution in [0.5, 0.6) is 0 Å². The van der Waals surface area contributed by atoms with Crippen molar-refractivity contribution in [1.82, 2.24) is 19.3 Å². The Balaban J connectivity index is 1.77. The molecule has 0 bridgehead atoms. The molecule has 22 heavy (non-hydrogen) atoms. The first kappa shape index (κ1) is 15.7. The van der Waals surface area contributed by atoms with Crippen molar-refractivity contribution >= 4 is 11.8 Å². The van der Waals surface area contributed by atoms with Crippen LogP contribution in [0.2, 0.25) is 0 Å². The zero-order chi connectivity index (χ0) is 16.1. The van der Waals surface area contributed by atoms with Crippen LogP contribution in [0.1, 0.15) is 17.8 Å². The first-order valence-corrected chi connectivity index (χ1v) is 6.78. The van der Waals surface area contributed by atoms with Gasteiger partial charge in [-0.05, 0) is 17.4 Å². The van der Waals surface area contributed by atoms with Gasteiger partial charge in [0, 0.05) is 13.1 Å². The van der Waals surface area contributed by atoms with E-state index in [-0.39, 0.29) is 31.4 Å². The fourth-order valence-corrected chi connectivity index (χ4v) is 2.00. The second-order valence-electron chi connectivity index (χ2n) is 4.82. The van der Waals surface area contributed by atoms with E-state index in [1.165, 1.54) is 10.8 Å². The summed E-state index contributed by atoms with van der Waals surface area (Å²) < 4.78 is 8.16. The monoisotopic (exact) mass is 307 g/mol. The van der Waals surface area contributed by atoms with Crippen molar-refractivity contribution in [3.63, 3.8) is 0 Å². The van der Waals surface area contributed by atoms with Crippen LogP contribution in [0.15, 0.2) is 18.6 Å². The van der Waals surface area contributed by atoms with Crippen molar-refractivity contribution in [3.05, 3.63) is 40.1 Å². The van der Waals surface area contributed by atoms with Gasteiger partial charge in [-0.1, -0.05) is 0 Å². The Bertz CT molecular complexity index is 676. The SMILES string of the molecule is Cc1cnn(CCC(=O)OCCn2c([N+](=O)[O-])cnc2C)c1. The molecule has 0 aliphatic heterocycles. The highest BCUT2D eigenvalue weighted by Crippen LogP contribution is 2.13. The number of imidazole rings is 1. The minimum Gasteiger partial charge on any atom is -0.461 e. The summed E-state index contributed by atoms with van der Waals surface area (Å²) in [5, 5.41) is 14.9. The van der Waals surface area contributed by atoms with Crippen LogP contribution in [-0.4, -0.2) is 36.8 Å². The topological polar surface area (TPSA) is 105 Å². The Morgan fingerprint density at radius 3 is 2.77 bits per heavy atom. The predicted octanol–water partition coefficient (Wildman–Crippen LogP) is 1.24. The van der Waals surface area contributed by atoms with Gasteiger partial charge in [0.15, 0.2) is 5.82 Å². The van der Waals surface area contributed by atoms with Crippen LogP contribution in [0.25, 0.3) is 0 Å². The summed E-state index contributed by atoms with van der Waals surface area (Å²) in [6, 6.07) is 0. The standard InChI is InChI=1S/C13H17N5O4/c1-10-7-15-16(9-10)4-3-13(19)22-6-5-17-11(2)14-8-12(17)18(20)21/h7-9H,3-6H2,1-2H3. The van der Waals surface area contributed by atoms with Crippen LogP contribution < -0.4 is 0 Å². The molecule has 0 N–H and O–H groups in total. The highest BCUT2D eigenvalue weighted by Gasteiger charge is 2.17. The van der Waals surface area contributed by atoms with Gasteiger partial charge in [0.2, 0.25) is 0 Å². The number of nitro groups is 1. The molecule has 0 radical (unpaired) electrons. The van der Waals surface area contributed by atoms with Gasteiger partial charge in [-0.15, -0.1) is 0 Å². The molecule has 0 aromatic carbocycles. The lowest BCUT2D eigenvalue weighted by Gasteiger charge is -2.05. The average Bonchev–Trinajstić information content (AvgIpc) is 3.03. The smallest absolute Gasteiger partial charge is 0.342 e. The van der Waals surface area contributed by atoms with E-state index >= 15 is 0 Å². The number of carbonyl (C=O) groups excluding carboxylic acids is 1. The number of hydrogen-bond donors (Lipinski definition) is 0. The molecule has 0 aliphatic rings. The van der Waals surface area contributed by atoms with Gasteiger partial charge in [0.1, 0.15) is 19.3 Å². The van der Waals surface area contributed by atoms with E-state index in [0.29, 0.717) is 12.4 Å². The second-order valence-corrected chi connectivity index (χ2v) is 4.82. The lowest BCUT2D eigenvalue weighted by atomic mass is 10.4. The summed E-state index contributed by atoms with van der Waals surface area (Å²) in [5.41, 5.74) is 1.02. The molecule has 2 rings (SSSR count). The van der Waals surface area contributed by atoms with Crippen molar-refractivity contribution < 1.29 is 14.5 Å². The van der Waals surface area contributed by atoms with Crippen molar-refractivity contribution in [3.8, 4) is 0 Å². The van der Waals surface area contributed by atoms with Crippen LogP contribution in [-0.2, 0) is 22.6 Å². The quantitative estimate of drug-likeness (QED) is 0.433. The largest absolute Gasteiger partial charge is 0.461 e. The molecule has 9 heteroatoms. The minimum atomic E-state index is -0.512. The highest BCUT2D eigenvalue weighted by atomic mass is 16.6. The number of ether oxygens (including phenoxy) is 1. The number of esters is 1. The summed E-state index contributed by atoms with van der Waals surface area (Å²) in [6.45, 7) is 4.29. The molecule has 0 atom stereocenters. The molecule has 2 aromatic rings. The maximum Gasteiger partial charge on any atom is 0.342 e. The van der Waals surface area contributed by atoms with Crippen LogP contribution in [0.3, 0.4) is 0 Å². The third kappa shape index (κ3) is 3.90. The molecule has 2 aromatic heterocycles. The normalized spacial score (nSPS) is 10.6. The van der Waals surface area contributed by atoms with Gasteiger partial charge in [-0.3, -0.25) is 9.48 Å².